The van der Waals surface area contributed by atoms with Gasteiger partial charge in [0.1, 0.15) is 0 Å². The number of anilines is 1. The quantitative estimate of drug-likeness (QED) is 0.747. The van der Waals surface area contributed by atoms with Gasteiger partial charge in [-0.15, -0.1) is 0 Å². The van der Waals surface area contributed by atoms with Gasteiger partial charge in [0.15, 0.2) is 0 Å². The fourth-order valence-corrected chi connectivity index (χ4v) is 5.32. The Balaban J connectivity index is 1.70. The van der Waals surface area contributed by atoms with Gasteiger partial charge in [0.25, 0.3) is 15.9 Å². The molecule has 6 heteroatoms. The number of hydrogen-bond acceptors (Lipinski definition) is 3. The number of hydrogen-bond donors (Lipinski definition) is 2. The van der Waals surface area contributed by atoms with Crippen LogP contribution in [-0.2, 0) is 10.0 Å². The molecule has 0 aromatic heterocycles. The summed E-state index contributed by atoms with van der Waals surface area (Å²) in [6.07, 6.45) is 3.35. The van der Waals surface area contributed by atoms with Crippen LogP contribution >= 0.6 is 0 Å². The second-order valence-electron chi connectivity index (χ2n) is 8.30. The summed E-state index contributed by atoms with van der Waals surface area (Å²) < 4.78 is 28.1. The van der Waals surface area contributed by atoms with E-state index in [-0.39, 0.29) is 16.8 Å². The van der Waals surface area contributed by atoms with Crippen molar-refractivity contribution in [3.63, 3.8) is 0 Å². The van der Waals surface area contributed by atoms with Crippen LogP contribution in [0.15, 0.2) is 47.4 Å². The average molecular weight is 415 g/mol. The van der Waals surface area contributed by atoms with Crippen molar-refractivity contribution < 1.29 is 13.2 Å². The third kappa shape index (κ3) is 4.99. The maximum absolute atomic E-state index is 12.7. The average Bonchev–Trinajstić information content (AvgIpc) is 2.67. The molecule has 1 aliphatic carbocycles. The molecular weight excluding hydrogens is 384 g/mol. The zero-order chi connectivity index (χ0) is 21.2. The molecule has 2 N–H and O–H groups in total. The third-order valence-corrected chi connectivity index (χ3v) is 7.58. The summed E-state index contributed by atoms with van der Waals surface area (Å²) in [7, 11) is -3.69. The number of aryl methyl sites for hydroxylation is 2. The number of amides is 1. The first-order valence-electron chi connectivity index (χ1n) is 10.2. The van der Waals surface area contributed by atoms with Crippen molar-refractivity contribution in [2.75, 3.05) is 4.72 Å². The molecule has 5 nitrogen and oxygen atoms in total. The minimum atomic E-state index is -3.69. The fourth-order valence-electron chi connectivity index (χ4n) is 3.93. The summed E-state index contributed by atoms with van der Waals surface area (Å²) in [5, 5.41) is 3.14. The van der Waals surface area contributed by atoms with Gasteiger partial charge >= 0.3 is 0 Å². The van der Waals surface area contributed by atoms with Gasteiger partial charge in [0.05, 0.1) is 4.90 Å². The highest BCUT2D eigenvalue weighted by Gasteiger charge is 2.28. The Kier molecular flexibility index (Phi) is 6.32. The SMILES string of the molecule is Cc1ccc(C)c(S(=O)(=O)Nc2ccc(C(=O)N[C@@H]3CCC[C@@H](C)[C@@H]3C)cc2)c1. The van der Waals surface area contributed by atoms with Gasteiger partial charge in [-0.2, -0.15) is 0 Å². The molecule has 0 saturated heterocycles. The Morgan fingerprint density at radius 1 is 1.00 bits per heavy atom. The summed E-state index contributed by atoms with van der Waals surface area (Å²) in [4.78, 5) is 12.9. The monoisotopic (exact) mass is 414 g/mol. The number of benzene rings is 2. The summed E-state index contributed by atoms with van der Waals surface area (Å²) >= 11 is 0. The number of nitrogens with one attached hydrogen (secondary N) is 2. The molecule has 0 unspecified atom stereocenters. The molecule has 0 radical (unpaired) electrons. The predicted molar refractivity (Wildman–Crippen MR) is 117 cm³/mol. The van der Waals surface area contributed by atoms with Gasteiger partial charge in [-0.05, 0) is 73.6 Å². The van der Waals surface area contributed by atoms with E-state index in [4.69, 9.17) is 0 Å². The van der Waals surface area contributed by atoms with Crippen LogP contribution in [-0.4, -0.2) is 20.4 Å². The van der Waals surface area contributed by atoms with Crippen LogP contribution in [0.1, 0.15) is 54.6 Å². The predicted octanol–water partition coefficient (Wildman–Crippen LogP) is 4.66. The standard InChI is InChI=1S/C23H30N2O3S/c1-15-8-9-17(3)22(14-15)29(27,28)25-20-12-10-19(11-13-20)23(26)24-21-7-5-6-16(2)18(21)4/h8-14,16,18,21,25H,5-7H2,1-4H3,(H,24,26)/t16-,18+,21-/m1/s1. The van der Waals surface area contributed by atoms with Crippen molar-refractivity contribution in [1.29, 1.82) is 0 Å². The molecule has 2 aromatic carbocycles. The summed E-state index contributed by atoms with van der Waals surface area (Å²) in [5.74, 6) is 0.951. The molecule has 3 atom stereocenters. The molecule has 0 bridgehead atoms. The van der Waals surface area contributed by atoms with E-state index in [1.54, 1.807) is 43.3 Å². The zero-order valence-electron chi connectivity index (χ0n) is 17.5. The van der Waals surface area contributed by atoms with Crippen LogP contribution in [0.25, 0.3) is 0 Å². The van der Waals surface area contributed by atoms with Gasteiger partial charge in [0, 0.05) is 17.3 Å². The van der Waals surface area contributed by atoms with E-state index >= 15 is 0 Å². The minimum absolute atomic E-state index is 0.111. The Hall–Kier alpha value is -2.34. The van der Waals surface area contributed by atoms with Crippen LogP contribution in [0.3, 0.4) is 0 Å². The Morgan fingerprint density at radius 3 is 2.38 bits per heavy atom. The van der Waals surface area contributed by atoms with Crippen molar-refractivity contribution in [2.24, 2.45) is 11.8 Å². The van der Waals surface area contributed by atoms with E-state index in [1.807, 2.05) is 13.0 Å². The normalized spacial score (nSPS) is 22.1. The van der Waals surface area contributed by atoms with E-state index < -0.39 is 10.0 Å². The van der Waals surface area contributed by atoms with Crippen molar-refractivity contribution in [1.82, 2.24) is 5.32 Å². The minimum Gasteiger partial charge on any atom is -0.349 e. The van der Waals surface area contributed by atoms with Crippen LogP contribution in [0, 0.1) is 25.7 Å². The maximum atomic E-state index is 12.7. The lowest BCUT2D eigenvalue weighted by atomic mass is 9.78. The second-order valence-corrected chi connectivity index (χ2v) is 9.95. The molecule has 1 amide bonds. The molecule has 1 fully saturated rings. The van der Waals surface area contributed by atoms with Gasteiger partial charge in [-0.3, -0.25) is 9.52 Å². The van der Waals surface area contributed by atoms with Gasteiger partial charge in [0.2, 0.25) is 0 Å². The smallest absolute Gasteiger partial charge is 0.262 e. The summed E-state index contributed by atoms with van der Waals surface area (Å²) in [6, 6.07) is 12.1. The van der Waals surface area contributed by atoms with E-state index in [1.165, 1.54) is 6.42 Å². The van der Waals surface area contributed by atoms with Crippen LogP contribution in [0.4, 0.5) is 5.69 Å². The lowest BCUT2D eigenvalue weighted by Gasteiger charge is -2.34. The second kappa shape index (κ2) is 8.57. The summed E-state index contributed by atoms with van der Waals surface area (Å²) in [5.41, 5.74) is 2.54. The third-order valence-electron chi connectivity index (χ3n) is 6.06. The Morgan fingerprint density at radius 2 is 1.69 bits per heavy atom. The van der Waals surface area contributed by atoms with E-state index in [0.29, 0.717) is 28.7 Å². The van der Waals surface area contributed by atoms with E-state index in [2.05, 4.69) is 23.9 Å². The highest BCUT2D eigenvalue weighted by molar-refractivity contribution is 7.92. The van der Waals surface area contributed by atoms with Crippen molar-refractivity contribution >= 4 is 21.6 Å². The van der Waals surface area contributed by atoms with Crippen molar-refractivity contribution in [3.05, 3.63) is 59.2 Å². The number of carbonyl (C=O) groups is 1. The lowest BCUT2D eigenvalue weighted by Crippen LogP contribution is -2.43. The molecule has 0 aliphatic heterocycles. The first-order chi connectivity index (χ1) is 13.7. The molecule has 0 heterocycles. The molecule has 156 valence electrons. The van der Waals surface area contributed by atoms with E-state index in [9.17, 15) is 13.2 Å². The molecule has 1 aliphatic rings. The van der Waals surface area contributed by atoms with Crippen molar-refractivity contribution in [3.8, 4) is 0 Å². The molecule has 2 aromatic rings. The molecule has 0 spiro atoms. The topological polar surface area (TPSA) is 75.3 Å². The molecule has 29 heavy (non-hydrogen) atoms. The molecule has 1 saturated carbocycles. The van der Waals surface area contributed by atoms with Gasteiger partial charge in [-0.25, -0.2) is 8.42 Å². The van der Waals surface area contributed by atoms with Gasteiger partial charge in [-0.1, -0.05) is 38.8 Å². The van der Waals surface area contributed by atoms with Crippen LogP contribution in [0.5, 0.6) is 0 Å². The lowest BCUT2D eigenvalue weighted by molar-refractivity contribution is 0.0891. The van der Waals surface area contributed by atoms with Crippen LogP contribution in [0.2, 0.25) is 0 Å². The highest BCUT2D eigenvalue weighted by Crippen LogP contribution is 2.29. The van der Waals surface area contributed by atoms with E-state index in [0.717, 1.165) is 18.4 Å². The fraction of sp³-hybridized carbons (Fsp3) is 0.435. The molecule has 3 rings (SSSR count). The Labute approximate surface area is 174 Å². The number of rotatable bonds is 5. The number of sulfonamides is 1. The summed E-state index contributed by atoms with van der Waals surface area (Å²) in [6.45, 7) is 8.06. The van der Waals surface area contributed by atoms with Crippen molar-refractivity contribution in [2.45, 2.75) is 57.9 Å². The first kappa shape index (κ1) is 21.4. The Bertz CT molecular complexity index is 984. The zero-order valence-corrected chi connectivity index (χ0v) is 18.3. The molecular formula is C23H30N2O3S. The highest BCUT2D eigenvalue weighted by atomic mass is 32.2. The number of carbonyl (C=O) groups excluding carboxylic acids is 1. The van der Waals surface area contributed by atoms with Crippen LogP contribution < -0.4 is 10.0 Å². The van der Waals surface area contributed by atoms with Gasteiger partial charge < -0.3 is 5.32 Å². The largest absolute Gasteiger partial charge is 0.349 e. The first-order valence-corrected chi connectivity index (χ1v) is 11.7. The maximum Gasteiger partial charge on any atom is 0.262 e.